The Morgan fingerprint density at radius 1 is 1.30 bits per heavy atom. The Kier molecular flexibility index (Phi) is 8.02. The van der Waals surface area contributed by atoms with Crippen LogP contribution in [0.4, 0.5) is 0 Å². The quantitative estimate of drug-likeness (QED) is 0.769. The molecular formula is C18H27NO. The summed E-state index contributed by atoms with van der Waals surface area (Å²) in [7, 11) is 0. The molecule has 0 aliphatic carbocycles. The number of unbranched alkanes of at least 4 members (excludes halogenated alkanes) is 1. The Balaban J connectivity index is 2.76. The maximum absolute atomic E-state index is 8.76. The van der Waals surface area contributed by atoms with Crippen LogP contribution in [0.25, 0.3) is 0 Å². The zero-order valence-electron chi connectivity index (χ0n) is 13.0. The van der Waals surface area contributed by atoms with Gasteiger partial charge in [-0.25, -0.2) is 0 Å². The predicted molar refractivity (Wildman–Crippen MR) is 85.5 cm³/mol. The highest BCUT2D eigenvalue weighted by Crippen LogP contribution is 2.13. The molecule has 0 amide bonds. The fourth-order valence-electron chi connectivity index (χ4n) is 2.20. The largest absolute Gasteiger partial charge is 0.384 e. The highest BCUT2D eigenvalue weighted by atomic mass is 16.2. The molecule has 0 radical (unpaired) electrons. The van der Waals surface area contributed by atoms with Crippen molar-refractivity contribution in [2.75, 3.05) is 13.2 Å². The summed E-state index contributed by atoms with van der Waals surface area (Å²) in [5.41, 5.74) is 2.28. The first-order chi connectivity index (χ1) is 9.71. The molecule has 1 N–H and O–H groups in total. The van der Waals surface area contributed by atoms with E-state index in [0.29, 0.717) is 6.04 Å². The number of nitrogens with zero attached hydrogens (tertiary/aromatic N) is 1. The number of hydrogen-bond acceptors (Lipinski definition) is 2. The fraction of sp³-hybridized carbons (Fsp3) is 0.556. The summed E-state index contributed by atoms with van der Waals surface area (Å²) in [5.74, 6) is 5.68. The van der Waals surface area contributed by atoms with Gasteiger partial charge < -0.3 is 5.11 Å². The first-order valence-corrected chi connectivity index (χ1v) is 7.64. The molecule has 0 saturated heterocycles. The van der Waals surface area contributed by atoms with Crippen molar-refractivity contribution in [3.63, 3.8) is 0 Å². The Bertz CT molecular complexity index is 444. The minimum Gasteiger partial charge on any atom is -0.384 e. The van der Waals surface area contributed by atoms with Crippen molar-refractivity contribution in [1.82, 2.24) is 4.90 Å². The van der Waals surface area contributed by atoms with Crippen molar-refractivity contribution >= 4 is 0 Å². The summed E-state index contributed by atoms with van der Waals surface area (Å²) >= 11 is 0. The molecule has 1 aromatic carbocycles. The van der Waals surface area contributed by atoms with Gasteiger partial charge in [0.2, 0.25) is 0 Å². The molecule has 0 aliphatic rings. The molecule has 1 rings (SSSR count). The van der Waals surface area contributed by atoms with Gasteiger partial charge in [0, 0.05) is 18.2 Å². The van der Waals surface area contributed by atoms with Crippen LogP contribution in [0.5, 0.6) is 0 Å². The zero-order valence-corrected chi connectivity index (χ0v) is 13.0. The predicted octanol–water partition coefficient (Wildman–Crippen LogP) is 3.43. The minimum absolute atomic E-state index is 0.0836. The second-order valence-corrected chi connectivity index (χ2v) is 5.24. The maximum Gasteiger partial charge on any atom is 0.104 e. The summed E-state index contributed by atoms with van der Waals surface area (Å²) < 4.78 is 0. The van der Waals surface area contributed by atoms with Gasteiger partial charge in [0.15, 0.2) is 0 Å². The van der Waals surface area contributed by atoms with Crippen molar-refractivity contribution in [2.45, 2.75) is 52.6 Å². The molecule has 0 aromatic heterocycles. The van der Waals surface area contributed by atoms with Crippen LogP contribution in [0, 0.1) is 11.8 Å². The average Bonchev–Trinajstić information content (AvgIpc) is 2.49. The molecule has 0 heterocycles. The zero-order chi connectivity index (χ0) is 14.8. The van der Waals surface area contributed by atoms with E-state index in [4.69, 9.17) is 5.11 Å². The molecule has 1 aromatic rings. The molecule has 2 nitrogen and oxygen atoms in total. The Morgan fingerprint density at radius 2 is 2.10 bits per heavy atom. The normalized spacial score (nSPS) is 12.1. The summed E-state index contributed by atoms with van der Waals surface area (Å²) in [6.07, 6.45) is 3.65. The van der Waals surface area contributed by atoms with Gasteiger partial charge in [-0.3, -0.25) is 4.90 Å². The van der Waals surface area contributed by atoms with E-state index in [2.05, 4.69) is 49.6 Å². The number of benzene rings is 1. The fourth-order valence-corrected chi connectivity index (χ4v) is 2.20. The summed E-state index contributed by atoms with van der Waals surface area (Å²) in [4.78, 5) is 2.54. The van der Waals surface area contributed by atoms with E-state index in [-0.39, 0.29) is 6.61 Å². The molecule has 0 bridgehead atoms. The van der Waals surface area contributed by atoms with E-state index in [1.807, 2.05) is 12.1 Å². The van der Waals surface area contributed by atoms with Gasteiger partial charge in [-0.2, -0.15) is 0 Å². The third-order valence-electron chi connectivity index (χ3n) is 3.64. The molecule has 0 fully saturated rings. The lowest BCUT2D eigenvalue weighted by atomic mass is 10.1. The van der Waals surface area contributed by atoms with Crippen molar-refractivity contribution in [3.8, 4) is 11.8 Å². The van der Waals surface area contributed by atoms with Crippen molar-refractivity contribution in [1.29, 1.82) is 0 Å². The molecule has 0 aliphatic heterocycles. The smallest absolute Gasteiger partial charge is 0.104 e. The highest BCUT2D eigenvalue weighted by molar-refractivity contribution is 5.37. The van der Waals surface area contributed by atoms with Crippen LogP contribution in [0.2, 0.25) is 0 Å². The standard InChI is InChI=1S/C18H27NO/c1-4-6-12-19(16(3)5-2)15-18-10-7-9-17(14-18)11-8-13-20/h7,9-10,14,16,20H,4-6,12-13,15H2,1-3H3. The van der Waals surface area contributed by atoms with Crippen molar-refractivity contribution in [2.24, 2.45) is 0 Å². The Hall–Kier alpha value is -1.30. The third-order valence-corrected chi connectivity index (χ3v) is 3.64. The molecule has 1 atom stereocenters. The monoisotopic (exact) mass is 273 g/mol. The minimum atomic E-state index is -0.0836. The van der Waals surface area contributed by atoms with E-state index in [1.54, 1.807) is 0 Å². The van der Waals surface area contributed by atoms with Crippen LogP contribution in [-0.2, 0) is 6.54 Å². The van der Waals surface area contributed by atoms with Crippen LogP contribution in [0.3, 0.4) is 0 Å². The van der Waals surface area contributed by atoms with Gasteiger partial charge in [-0.15, -0.1) is 0 Å². The lowest BCUT2D eigenvalue weighted by Crippen LogP contribution is -2.33. The summed E-state index contributed by atoms with van der Waals surface area (Å²) in [5, 5.41) is 8.76. The summed E-state index contributed by atoms with van der Waals surface area (Å²) in [6, 6.07) is 8.93. The van der Waals surface area contributed by atoms with E-state index in [1.165, 1.54) is 24.8 Å². The van der Waals surface area contributed by atoms with Gasteiger partial charge >= 0.3 is 0 Å². The first kappa shape index (κ1) is 16.8. The van der Waals surface area contributed by atoms with Crippen LogP contribution in [0.1, 0.15) is 51.2 Å². The molecule has 110 valence electrons. The lowest BCUT2D eigenvalue weighted by molar-refractivity contribution is 0.192. The molecule has 0 saturated carbocycles. The molecule has 20 heavy (non-hydrogen) atoms. The Labute approximate surface area is 123 Å². The third kappa shape index (κ3) is 5.77. The SMILES string of the molecule is CCCCN(Cc1cccc(C#CCO)c1)C(C)CC. The lowest BCUT2D eigenvalue weighted by Gasteiger charge is -2.28. The number of rotatable bonds is 7. The second kappa shape index (κ2) is 9.58. The van der Waals surface area contributed by atoms with Crippen LogP contribution >= 0.6 is 0 Å². The first-order valence-electron chi connectivity index (χ1n) is 7.64. The van der Waals surface area contributed by atoms with Crippen LogP contribution in [-0.4, -0.2) is 29.2 Å². The van der Waals surface area contributed by atoms with Crippen molar-refractivity contribution < 1.29 is 5.11 Å². The number of aliphatic hydroxyl groups excluding tert-OH is 1. The molecule has 1 unspecified atom stereocenters. The van der Waals surface area contributed by atoms with Gasteiger partial charge in [-0.1, -0.05) is 44.2 Å². The summed E-state index contributed by atoms with van der Waals surface area (Å²) in [6.45, 7) is 8.82. The van der Waals surface area contributed by atoms with Gasteiger partial charge in [0.05, 0.1) is 0 Å². The van der Waals surface area contributed by atoms with E-state index >= 15 is 0 Å². The highest BCUT2D eigenvalue weighted by Gasteiger charge is 2.12. The van der Waals surface area contributed by atoms with E-state index < -0.39 is 0 Å². The number of hydrogen-bond donors (Lipinski definition) is 1. The Morgan fingerprint density at radius 3 is 2.75 bits per heavy atom. The van der Waals surface area contributed by atoms with Crippen molar-refractivity contribution in [3.05, 3.63) is 35.4 Å². The van der Waals surface area contributed by atoms with Crippen LogP contribution < -0.4 is 0 Å². The average molecular weight is 273 g/mol. The van der Waals surface area contributed by atoms with Gasteiger partial charge in [0.25, 0.3) is 0 Å². The van der Waals surface area contributed by atoms with E-state index in [0.717, 1.165) is 18.7 Å². The second-order valence-electron chi connectivity index (χ2n) is 5.24. The van der Waals surface area contributed by atoms with E-state index in [9.17, 15) is 0 Å². The van der Waals surface area contributed by atoms with Gasteiger partial charge in [0.1, 0.15) is 6.61 Å². The number of aliphatic hydroxyl groups is 1. The van der Waals surface area contributed by atoms with Crippen LogP contribution in [0.15, 0.2) is 24.3 Å². The maximum atomic E-state index is 8.76. The molecule has 0 spiro atoms. The topological polar surface area (TPSA) is 23.5 Å². The molecule has 2 heteroatoms. The van der Waals surface area contributed by atoms with Gasteiger partial charge in [-0.05, 0) is 44.0 Å². The molecular weight excluding hydrogens is 246 g/mol.